The lowest BCUT2D eigenvalue weighted by molar-refractivity contribution is -0.162. The van der Waals surface area contributed by atoms with Crippen LogP contribution in [0.1, 0.15) is 30.1 Å². The van der Waals surface area contributed by atoms with Crippen molar-refractivity contribution in [1.29, 1.82) is 0 Å². The van der Waals surface area contributed by atoms with E-state index in [1.165, 1.54) is 0 Å². The number of esters is 1. The van der Waals surface area contributed by atoms with Crippen molar-refractivity contribution >= 4 is 23.5 Å². The Hall–Kier alpha value is -1.99. The number of hydrogen-bond acceptors (Lipinski definition) is 6. The summed E-state index contributed by atoms with van der Waals surface area (Å²) < 4.78 is 21.6. The van der Waals surface area contributed by atoms with Gasteiger partial charge in [0.1, 0.15) is 18.6 Å². The Bertz CT molecular complexity index is 720. The number of benzene rings is 1. The third kappa shape index (κ3) is 3.99. The number of nitrogens with zero attached hydrogens (tertiary/aromatic N) is 1. The van der Waals surface area contributed by atoms with Crippen LogP contribution in [0.4, 0.5) is 0 Å². The summed E-state index contributed by atoms with van der Waals surface area (Å²) in [7, 11) is 1.54. The minimum absolute atomic E-state index is 0.206. The first-order valence-corrected chi connectivity index (χ1v) is 9.43. The van der Waals surface area contributed by atoms with E-state index in [0.29, 0.717) is 54.7 Å². The summed E-state index contributed by atoms with van der Waals surface area (Å²) in [5.41, 5.74) is -0.447. The number of likely N-dealkylation sites (tertiary alicyclic amines) is 1. The molecular weight excluding hydrogens is 374 g/mol. The first kappa shape index (κ1) is 19.8. The molecule has 3 rings (SSSR count). The fourth-order valence-electron chi connectivity index (χ4n) is 3.63. The number of ether oxygens (including phenoxy) is 4. The number of hydrogen-bond donors (Lipinski definition) is 0. The maximum absolute atomic E-state index is 13.1. The van der Waals surface area contributed by atoms with E-state index in [1.807, 2.05) is 0 Å². The van der Waals surface area contributed by atoms with Crippen molar-refractivity contribution in [2.45, 2.75) is 19.8 Å². The van der Waals surface area contributed by atoms with E-state index < -0.39 is 5.41 Å². The molecule has 1 aromatic rings. The van der Waals surface area contributed by atoms with Crippen LogP contribution in [-0.4, -0.2) is 63.4 Å². The molecule has 0 N–H and O–H groups in total. The van der Waals surface area contributed by atoms with Gasteiger partial charge in [-0.2, -0.15) is 0 Å². The molecule has 0 saturated carbocycles. The number of carbonyl (C=O) groups is 2. The molecule has 1 fully saturated rings. The fourth-order valence-corrected chi connectivity index (χ4v) is 3.89. The molecule has 1 aromatic carbocycles. The normalized spacial score (nSPS) is 21.7. The standard InChI is InChI=1S/C19H24ClNO6/c1-3-25-18(23)19(12-24-2)5-4-6-21(11-19)17(22)13-9-14(20)16-15(10-13)26-7-8-27-16/h9-10H,3-8,11-12H2,1-2H3/t19-/m1/s1. The van der Waals surface area contributed by atoms with Gasteiger partial charge in [0.25, 0.3) is 5.91 Å². The van der Waals surface area contributed by atoms with E-state index in [1.54, 1.807) is 31.1 Å². The van der Waals surface area contributed by atoms with Crippen LogP contribution in [-0.2, 0) is 14.3 Å². The molecule has 0 spiro atoms. The highest BCUT2D eigenvalue weighted by Gasteiger charge is 2.45. The predicted octanol–water partition coefficient (Wildman–Crippen LogP) is 2.54. The van der Waals surface area contributed by atoms with Gasteiger partial charge in [0.15, 0.2) is 11.5 Å². The minimum Gasteiger partial charge on any atom is -0.486 e. The van der Waals surface area contributed by atoms with Gasteiger partial charge in [-0.1, -0.05) is 11.6 Å². The largest absolute Gasteiger partial charge is 0.486 e. The number of fused-ring (bicyclic) bond motifs is 1. The Morgan fingerprint density at radius 1 is 1.30 bits per heavy atom. The van der Waals surface area contributed by atoms with E-state index in [4.69, 9.17) is 30.5 Å². The SMILES string of the molecule is CCOC(=O)[C@]1(COC)CCCN(C(=O)c2cc(Cl)c3c(c2)OCCO3)C1. The molecule has 2 aliphatic rings. The van der Waals surface area contributed by atoms with Crippen molar-refractivity contribution in [2.75, 3.05) is 46.6 Å². The molecule has 2 aliphatic heterocycles. The van der Waals surface area contributed by atoms with E-state index in [-0.39, 0.29) is 31.6 Å². The monoisotopic (exact) mass is 397 g/mol. The summed E-state index contributed by atoms with van der Waals surface area (Å²) in [4.78, 5) is 27.3. The number of rotatable bonds is 5. The molecule has 0 bridgehead atoms. The quantitative estimate of drug-likeness (QED) is 0.711. The van der Waals surface area contributed by atoms with Crippen molar-refractivity contribution in [3.8, 4) is 11.5 Å². The third-order valence-corrected chi connectivity index (χ3v) is 5.12. The Morgan fingerprint density at radius 3 is 2.81 bits per heavy atom. The van der Waals surface area contributed by atoms with Crippen molar-refractivity contribution in [3.05, 3.63) is 22.7 Å². The van der Waals surface area contributed by atoms with E-state index >= 15 is 0 Å². The molecule has 2 heterocycles. The molecule has 27 heavy (non-hydrogen) atoms. The fraction of sp³-hybridized carbons (Fsp3) is 0.579. The lowest BCUT2D eigenvalue weighted by atomic mass is 9.80. The van der Waals surface area contributed by atoms with Gasteiger partial charge in [-0.25, -0.2) is 0 Å². The molecule has 8 heteroatoms. The second kappa shape index (κ2) is 8.35. The maximum atomic E-state index is 13.1. The number of halogens is 1. The minimum atomic E-state index is -0.851. The highest BCUT2D eigenvalue weighted by Crippen LogP contribution is 2.39. The van der Waals surface area contributed by atoms with Crippen molar-refractivity contribution in [2.24, 2.45) is 5.41 Å². The molecule has 0 aliphatic carbocycles. The highest BCUT2D eigenvalue weighted by molar-refractivity contribution is 6.32. The van der Waals surface area contributed by atoms with Crippen LogP contribution in [0.3, 0.4) is 0 Å². The average molecular weight is 398 g/mol. The van der Waals surface area contributed by atoms with Crippen LogP contribution in [0, 0.1) is 5.41 Å². The van der Waals surface area contributed by atoms with Crippen LogP contribution in [0.2, 0.25) is 5.02 Å². The molecule has 1 atom stereocenters. The summed E-state index contributed by atoms with van der Waals surface area (Å²) in [6.45, 7) is 3.88. The van der Waals surface area contributed by atoms with E-state index in [9.17, 15) is 9.59 Å². The van der Waals surface area contributed by atoms with Crippen LogP contribution in [0.15, 0.2) is 12.1 Å². The van der Waals surface area contributed by atoms with E-state index in [2.05, 4.69) is 0 Å². The molecular formula is C19H24ClNO6. The van der Waals surface area contributed by atoms with Gasteiger partial charge in [0.2, 0.25) is 0 Å². The zero-order chi connectivity index (χ0) is 19.4. The van der Waals surface area contributed by atoms with Crippen LogP contribution >= 0.6 is 11.6 Å². The Kier molecular flexibility index (Phi) is 6.11. The Labute approximate surface area is 163 Å². The summed E-state index contributed by atoms with van der Waals surface area (Å²) in [5.74, 6) is 0.379. The maximum Gasteiger partial charge on any atom is 0.316 e. The second-order valence-corrected chi connectivity index (χ2v) is 7.15. The van der Waals surface area contributed by atoms with Crippen molar-refractivity contribution in [1.82, 2.24) is 4.90 Å². The molecule has 0 radical (unpaired) electrons. The molecule has 0 aromatic heterocycles. The van der Waals surface area contributed by atoms with Crippen molar-refractivity contribution in [3.63, 3.8) is 0 Å². The van der Waals surface area contributed by atoms with Gasteiger partial charge < -0.3 is 23.8 Å². The van der Waals surface area contributed by atoms with Gasteiger partial charge in [-0.15, -0.1) is 0 Å². The Morgan fingerprint density at radius 2 is 2.07 bits per heavy atom. The van der Waals surface area contributed by atoms with Gasteiger partial charge in [0.05, 0.1) is 18.2 Å². The lowest BCUT2D eigenvalue weighted by Gasteiger charge is -2.40. The molecule has 7 nitrogen and oxygen atoms in total. The summed E-state index contributed by atoms with van der Waals surface area (Å²) in [6.07, 6.45) is 1.30. The first-order valence-electron chi connectivity index (χ1n) is 9.05. The lowest BCUT2D eigenvalue weighted by Crippen LogP contribution is -2.52. The molecule has 0 unspecified atom stereocenters. The van der Waals surface area contributed by atoms with Gasteiger partial charge in [-0.05, 0) is 31.9 Å². The number of methoxy groups -OCH3 is 1. The molecule has 148 valence electrons. The van der Waals surface area contributed by atoms with Gasteiger partial charge in [0, 0.05) is 25.8 Å². The van der Waals surface area contributed by atoms with Crippen molar-refractivity contribution < 1.29 is 28.5 Å². The van der Waals surface area contributed by atoms with Crippen LogP contribution in [0.5, 0.6) is 11.5 Å². The second-order valence-electron chi connectivity index (χ2n) is 6.75. The number of piperidine rings is 1. The highest BCUT2D eigenvalue weighted by atomic mass is 35.5. The first-order chi connectivity index (χ1) is 13.0. The zero-order valence-corrected chi connectivity index (χ0v) is 16.3. The van der Waals surface area contributed by atoms with Crippen LogP contribution < -0.4 is 9.47 Å². The zero-order valence-electron chi connectivity index (χ0n) is 15.6. The number of amides is 1. The average Bonchev–Trinajstić information content (AvgIpc) is 2.68. The molecule has 1 amide bonds. The number of carbonyl (C=O) groups excluding carboxylic acids is 2. The Balaban J connectivity index is 1.84. The van der Waals surface area contributed by atoms with Crippen LogP contribution in [0.25, 0.3) is 0 Å². The van der Waals surface area contributed by atoms with E-state index in [0.717, 1.165) is 0 Å². The third-order valence-electron chi connectivity index (χ3n) is 4.84. The van der Waals surface area contributed by atoms with Gasteiger partial charge in [-0.3, -0.25) is 9.59 Å². The predicted molar refractivity (Wildman–Crippen MR) is 98.5 cm³/mol. The molecule has 1 saturated heterocycles. The summed E-state index contributed by atoms with van der Waals surface area (Å²) in [6, 6.07) is 3.22. The van der Waals surface area contributed by atoms with Gasteiger partial charge >= 0.3 is 5.97 Å². The smallest absolute Gasteiger partial charge is 0.316 e. The summed E-state index contributed by atoms with van der Waals surface area (Å²) >= 11 is 6.26. The summed E-state index contributed by atoms with van der Waals surface area (Å²) in [5, 5.41) is 0.334. The topological polar surface area (TPSA) is 74.3 Å².